The van der Waals surface area contributed by atoms with Crippen LogP contribution in [0.4, 0.5) is 5.82 Å². The monoisotopic (exact) mass is 223 g/mol. The summed E-state index contributed by atoms with van der Waals surface area (Å²) in [6.45, 7) is 7.47. The number of nitrogens with zero attached hydrogens (tertiary/aromatic N) is 2. The summed E-state index contributed by atoms with van der Waals surface area (Å²) in [5.74, 6) is 2.05. The average molecular weight is 223 g/mol. The standard InChI is InChI=1S/C13H25N3/c1-4-7-8-10-11-13(14)16(6-3)12(15-11)9-5-2/h4-10,14H2,1-3H3. The summed E-state index contributed by atoms with van der Waals surface area (Å²) in [7, 11) is 0. The maximum Gasteiger partial charge on any atom is 0.126 e. The van der Waals surface area contributed by atoms with Crippen molar-refractivity contribution in [1.29, 1.82) is 0 Å². The highest BCUT2D eigenvalue weighted by atomic mass is 15.1. The Hall–Kier alpha value is -0.990. The molecule has 1 aromatic heterocycles. The van der Waals surface area contributed by atoms with Crippen LogP contribution in [0.2, 0.25) is 0 Å². The van der Waals surface area contributed by atoms with Crippen molar-refractivity contribution >= 4 is 5.82 Å². The molecule has 0 aliphatic rings. The lowest BCUT2D eigenvalue weighted by atomic mass is 10.1. The van der Waals surface area contributed by atoms with Crippen molar-refractivity contribution in [3.63, 3.8) is 0 Å². The third-order valence-electron chi connectivity index (χ3n) is 2.97. The molecule has 3 heteroatoms. The van der Waals surface area contributed by atoms with Crippen LogP contribution in [0.1, 0.15) is 58.0 Å². The van der Waals surface area contributed by atoms with Gasteiger partial charge in [-0.1, -0.05) is 26.7 Å². The van der Waals surface area contributed by atoms with Gasteiger partial charge in [0.1, 0.15) is 11.6 Å². The zero-order valence-corrected chi connectivity index (χ0v) is 10.9. The summed E-state index contributed by atoms with van der Waals surface area (Å²) in [6.07, 6.45) is 6.91. The Morgan fingerprint density at radius 1 is 1.06 bits per heavy atom. The number of aromatic nitrogens is 2. The van der Waals surface area contributed by atoms with E-state index >= 15 is 0 Å². The first-order valence-corrected chi connectivity index (χ1v) is 6.58. The number of imidazole rings is 1. The van der Waals surface area contributed by atoms with Crippen LogP contribution in [0.5, 0.6) is 0 Å². The first-order valence-electron chi connectivity index (χ1n) is 6.58. The van der Waals surface area contributed by atoms with Crippen molar-refractivity contribution in [3.8, 4) is 0 Å². The predicted octanol–water partition coefficient (Wildman–Crippen LogP) is 3.17. The Morgan fingerprint density at radius 2 is 1.81 bits per heavy atom. The predicted molar refractivity (Wildman–Crippen MR) is 69.5 cm³/mol. The molecular formula is C13H25N3. The van der Waals surface area contributed by atoms with E-state index in [-0.39, 0.29) is 0 Å². The van der Waals surface area contributed by atoms with E-state index in [0.29, 0.717) is 0 Å². The van der Waals surface area contributed by atoms with E-state index in [9.17, 15) is 0 Å². The van der Waals surface area contributed by atoms with Crippen LogP contribution in [-0.4, -0.2) is 9.55 Å². The molecule has 0 aromatic carbocycles. The Kier molecular flexibility index (Phi) is 5.36. The molecule has 0 saturated heterocycles. The van der Waals surface area contributed by atoms with Gasteiger partial charge in [-0.05, 0) is 26.2 Å². The minimum atomic E-state index is 0.891. The fourth-order valence-corrected chi connectivity index (χ4v) is 2.06. The van der Waals surface area contributed by atoms with Gasteiger partial charge in [-0.3, -0.25) is 0 Å². The summed E-state index contributed by atoms with van der Waals surface area (Å²) < 4.78 is 2.16. The van der Waals surface area contributed by atoms with Crippen LogP contribution in [0.3, 0.4) is 0 Å². The molecule has 92 valence electrons. The zero-order chi connectivity index (χ0) is 12.0. The Morgan fingerprint density at radius 3 is 2.38 bits per heavy atom. The van der Waals surface area contributed by atoms with E-state index in [0.717, 1.165) is 43.1 Å². The molecule has 1 aromatic rings. The molecule has 3 nitrogen and oxygen atoms in total. The quantitative estimate of drug-likeness (QED) is 0.721. The number of nitrogens with two attached hydrogens (primary N) is 1. The first kappa shape index (κ1) is 13.1. The van der Waals surface area contributed by atoms with Gasteiger partial charge >= 0.3 is 0 Å². The fraction of sp³-hybridized carbons (Fsp3) is 0.769. The van der Waals surface area contributed by atoms with Crippen molar-refractivity contribution < 1.29 is 0 Å². The second kappa shape index (κ2) is 6.56. The number of hydrogen-bond donors (Lipinski definition) is 1. The number of unbranched alkanes of at least 4 members (excludes halogenated alkanes) is 2. The molecule has 0 radical (unpaired) electrons. The molecule has 0 saturated carbocycles. The van der Waals surface area contributed by atoms with Crippen LogP contribution in [-0.2, 0) is 19.4 Å². The van der Waals surface area contributed by atoms with Crippen molar-refractivity contribution in [3.05, 3.63) is 11.5 Å². The molecule has 0 spiro atoms. The lowest BCUT2D eigenvalue weighted by Crippen LogP contribution is -2.05. The van der Waals surface area contributed by atoms with Crippen LogP contribution in [0, 0.1) is 0 Å². The van der Waals surface area contributed by atoms with Crippen LogP contribution < -0.4 is 5.73 Å². The fourth-order valence-electron chi connectivity index (χ4n) is 2.06. The maximum atomic E-state index is 6.13. The highest BCUT2D eigenvalue weighted by molar-refractivity contribution is 5.38. The van der Waals surface area contributed by atoms with E-state index in [1.54, 1.807) is 0 Å². The number of anilines is 1. The molecule has 0 aliphatic carbocycles. The third kappa shape index (κ3) is 3.00. The van der Waals surface area contributed by atoms with Gasteiger partial charge in [-0.25, -0.2) is 4.98 Å². The van der Waals surface area contributed by atoms with Crippen molar-refractivity contribution in [2.45, 2.75) is 65.8 Å². The van der Waals surface area contributed by atoms with Gasteiger partial charge < -0.3 is 10.3 Å². The van der Waals surface area contributed by atoms with E-state index in [1.165, 1.54) is 19.3 Å². The van der Waals surface area contributed by atoms with Crippen LogP contribution in [0.15, 0.2) is 0 Å². The van der Waals surface area contributed by atoms with E-state index in [2.05, 4.69) is 30.3 Å². The van der Waals surface area contributed by atoms with E-state index in [1.807, 2.05) is 0 Å². The van der Waals surface area contributed by atoms with E-state index < -0.39 is 0 Å². The Labute approximate surface area is 99.1 Å². The van der Waals surface area contributed by atoms with Crippen molar-refractivity contribution in [2.24, 2.45) is 0 Å². The zero-order valence-electron chi connectivity index (χ0n) is 10.9. The third-order valence-corrected chi connectivity index (χ3v) is 2.97. The molecule has 0 unspecified atom stereocenters. The van der Waals surface area contributed by atoms with E-state index in [4.69, 9.17) is 5.73 Å². The van der Waals surface area contributed by atoms with Gasteiger partial charge in [0.05, 0.1) is 5.69 Å². The van der Waals surface area contributed by atoms with Gasteiger partial charge in [0.25, 0.3) is 0 Å². The smallest absolute Gasteiger partial charge is 0.126 e. The molecule has 0 amide bonds. The number of nitrogen functional groups attached to an aromatic ring is 1. The molecule has 2 N–H and O–H groups in total. The summed E-state index contributed by atoms with van der Waals surface area (Å²) >= 11 is 0. The SMILES string of the molecule is CCCCCc1nc(CCC)n(CC)c1N. The molecule has 16 heavy (non-hydrogen) atoms. The first-order chi connectivity index (χ1) is 7.74. The normalized spacial score (nSPS) is 10.9. The van der Waals surface area contributed by atoms with Gasteiger partial charge in [0.15, 0.2) is 0 Å². The summed E-state index contributed by atoms with van der Waals surface area (Å²) in [4.78, 5) is 4.68. The van der Waals surface area contributed by atoms with Crippen LogP contribution >= 0.6 is 0 Å². The average Bonchev–Trinajstić information content (AvgIpc) is 2.56. The summed E-state index contributed by atoms with van der Waals surface area (Å²) in [5, 5.41) is 0. The molecule has 0 atom stereocenters. The highest BCUT2D eigenvalue weighted by Crippen LogP contribution is 2.18. The van der Waals surface area contributed by atoms with Crippen molar-refractivity contribution in [2.75, 3.05) is 5.73 Å². The van der Waals surface area contributed by atoms with Crippen LogP contribution in [0.25, 0.3) is 0 Å². The summed E-state index contributed by atoms with van der Waals surface area (Å²) in [5.41, 5.74) is 7.24. The lowest BCUT2D eigenvalue weighted by molar-refractivity contribution is 0.690. The molecule has 0 bridgehead atoms. The second-order valence-corrected chi connectivity index (χ2v) is 4.31. The van der Waals surface area contributed by atoms with Crippen molar-refractivity contribution in [1.82, 2.24) is 9.55 Å². The van der Waals surface area contributed by atoms with Gasteiger partial charge in [-0.2, -0.15) is 0 Å². The second-order valence-electron chi connectivity index (χ2n) is 4.31. The topological polar surface area (TPSA) is 43.8 Å². The Balaban J connectivity index is 2.76. The Bertz CT molecular complexity index is 315. The maximum absolute atomic E-state index is 6.13. The molecule has 0 aliphatic heterocycles. The highest BCUT2D eigenvalue weighted by Gasteiger charge is 2.12. The minimum absolute atomic E-state index is 0.891. The van der Waals surface area contributed by atoms with Gasteiger partial charge in [0, 0.05) is 13.0 Å². The number of aryl methyl sites for hydroxylation is 2. The summed E-state index contributed by atoms with van der Waals surface area (Å²) in [6, 6.07) is 0. The minimum Gasteiger partial charge on any atom is -0.384 e. The molecule has 1 rings (SSSR count). The van der Waals surface area contributed by atoms with Gasteiger partial charge in [0.2, 0.25) is 0 Å². The molecule has 0 fully saturated rings. The van der Waals surface area contributed by atoms with Gasteiger partial charge in [-0.15, -0.1) is 0 Å². The molecule has 1 heterocycles. The largest absolute Gasteiger partial charge is 0.384 e. The lowest BCUT2D eigenvalue weighted by Gasteiger charge is -2.05. The molecular weight excluding hydrogens is 198 g/mol. The number of hydrogen-bond acceptors (Lipinski definition) is 2. The number of rotatable bonds is 7.